The third-order valence-electron chi connectivity index (χ3n) is 6.84. The van der Waals surface area contributed by atoms with E-state index in [1.165, 1.54) is 16.2 Å². The van der Waals surface area contributed by atoms with Crippen LogP contribution in [0.2, 0.25) is 0 Å². The van der Waals surface area contributed by atoms with Gasteiger partial charge in [-0.2, -0.15) is 0 Å². The van der Waals surface area contributed by atoms with Crippen molar-refractivity contribution < 1.29 is 19.1 Å². The standard InChI is InChI=1S/C29H34N2O4S/c1-29(2,3)19-8-15-23-24(17-19)36-28(31-25(32)16-18-6-11-21(34-4)12-7-18)26(23)27(33)30-20-9-13-22(35-5)14-10-20/h6-7,9-14,19H,8,15-17H2,1-5H3,(H,30,33)(H,31,32). The van der Waals surface area contributed by atoms with Crippen LogP contribution in [0, 0.1) is 11.3 Å². The maximum Gasteiger partial charge on any atom is 0.258 e. The molecule has 3 aromatic rings. The Morgan fingerprint density at radius 3 is 2.14 bits per heavy atom. The lowest BCUT2D eigenvalue weighted by Gasteiger charge is -2.33. The van der Waals surface area contributed by atoms with Crippen molar-refractivity contribution in [1.82, 2.24) is 0 Å². The molecule has 2 N–H and O–H groups in total. The molecule has 4 rings (SSSR count). The number of thiophene rings is 1. The molecule has 1 atom stereocenters. The van der Waals surface area contributed by atoms with E-state index in [0.717, 1.165) is 41.9 Å². The SMILES string of the molecule is COc1ccc(CC(=O)Nc2sc3c(c2C(=O)Nc2ccc(OC)cc2)CCC(C(C)(C)C)C3)cc1. The molecule has 1 aliphatic rings. The molecule has 7 heteroatoms. The number of ether oxygens (including phenoxy) is 2. The minimum atomic E-state index is -0.202. The van der Waals surface area contributed by atoms with Crippen LogP contribution >= 0.6 is 11.3 Å². The summed E-state index contributed by atoms with van der Waals surface area (Å²) in [7, 11) is 3.22. The number of hydrogen-bond donors (Lipinski definition) is 2. The first-order valence-electron chi connectivity index (χ1n) is 12.2. The highest BCUT2D eigenvalue weighted by Crippen LogP contribution is 2.44. The zero-order valence-corrected chi connectivity index (χ0v) is 22.4. The molecule has 0 saturated carbocycles. The number of amides is 2. The predicted octanol–water partition coefficient (Wildman–Crippen LogP) is 6.35. The highest BCUT2D eigenvalue weighted by Gasteiger charge is 2.34. The summed E-state index contributed by atoms with van der Waals surface area (Å²) >= 11 is 1.54. The van der Waals surface area contributed by atoms with Crippen molar-refractivity contribution in [3.63, 3.8) is 0 Å². The minimum absolute atomic E-state index is 0.148. The van der Waals surface area contributed by atoms with E-state index in [-0.39, 0.29) is 23.7 Å². The topological polar surface area (TPSA) is 76.7 Å². The fourth-order valence-electron chi connectivity index (χ4n) is 4.62. The number of rotatable bonds is 7. The van der Waals surface area contributed by atoms with Crippen LogP contribution in [-0.2, 0) is 24.1 Å². The van der Waals surface area contributed by atoms with Gasteiger partial charge >= 0.3 is 0 Å². The lowest BCUT2D eigenvalue weighted by molar-refractivity contribution is -0.115. The van der Waals surface area contributed by atoms with Crippen LogP contribution in [0.4, 0.5) is 10.7 Å². The predicted molar refractivity (Wildman–Crippen MR) is 146 cm³/mol. The highest BCUT2D eigenvalue weighted by molar-refractivity contribution is 7.17. The summed E-state index contributed by atoms with van der Waals surface area (Å²) in [6, 6.07) is 14.7. The molecule has 0 spiro atoms. The van der Waals surface area contributed by atoms with E-state index in [2.05, 4.69) is 31.4 Å². The Morgan fingerprint density at radius 1 is 0.944 bits per heavy atom. The summed E-state index contributed by atoms with van der Waals surface area (Å²) in [6.07, 6.45) is 2.99. The van der Waals surface area contributed by atoms with Gasteiger partial charge < -0.3 is 20.1 Å². The summed E-state index contributed by atoms with van der Waals surface area (Å²) in [4.78, 5) is 27.7. The van der Waals surface area contributed by atoms with E-state index in [1.54, 1.807) is 14.2 Å². The largest absolute Gasteiger partial charge is 0.497 e. The Hall–Kier alpha value is -3.32. The van der Waals surface area contributed by atoms with E-state index in [9.17, 15) is 9.59 Å². The number of nitrogens with one attached hydrogen (secondary N) is 2. The molecule has 0 bridgehead atoms. The summed E-state index contributed by atoms with van der Waals surface area (Å²) in [6.45, 7) is 6.81. The van der Waals surface area contributed by atoms with Gasteiger partial charge in [0, 0.05) is 10.6 Å². The Kier molecular flexibility index (Phi) is 7.69. The maximum atomic E-state index is 13.5. The van der Waals surface area contributed by atoms with Gasteiger partial charge in [0.1, 0.15) is 16.5 Å². The monoisotopic (exact) mass is 506 g/mol. The van der Waals surface area contributed by atoms with Crippen LogP contribution in [-0.4, -0.2) is 26.0 Å². The van der Waals surface area contributed by atoms with Crippen molar-refractivity contribution in [3.05, 3.63) is 70.1 Å². The first-order valence-corrected chi connectivity index (χ1v) is 13.0. The molecule has 0 radical (unpaired) electrons. The number of carbonyl (C=O) groups is 2. The molecular weight excluding hydrogens is 472 g/mol. The Labute approximate surface area is 217 Å². The van der Waals surface area contributed by atoms with Crippen LogP contribution in [0.3, 0.4) is 0 Å². The van der Waals surface area contributed by atoms with E-state index in [0.29, 0.717) is 22.2 Å². The summed E-state index contributed by atoms with van der Waals surface area (Å²) in [5, 5.41) is 6.69. The van der Waals surface area contributed by atoms with Crippen molar-refractivity contribution in [3.8, 4) is 11.5 Å². The second-order valence-electron chi connectivity index (χ2n) is 10.3. The summed E-state index contributed by atoms with van der Waals surface area (Å²) in [5.74, 6) is 1.65. The van der Waals surface area contributed by atoms with Gasteiger partial charge in [0.05, 0.1) is 26.2 Å². The normalized spacial score (nSPS) is 15.1. The second-order valence-corrected chi connectivity index (χ2v) is 11.4. The molecule has 1 aromatic heterocycles. The van der Waals surface area contributed by atoms with Crippen molar-refractivity contribution in [2.24, 2.45) is 11.3 Å². The fourth-order valence-corrected chi connectivity index (χ4v) is 5.96. The first-order chi connectivity index (χ1) is 17.2. The van der Waals surface area contributed by atoms with Crippen LogP contribution < -0.4 is 20.1 Å². The van der Waals surface area contributed by atoms with Crippen LogP contribution in [0.1, 0.15) is 53.6 Å². The number of anilines is 2. The van der Waals surface area contributed by atoms with Gasteiger partial charge in [-0.25, -0.2) is 0 Å². The molecular formula is C29H34N2O4S. The number of methoxy groups -OCH3 is 2. The Bertz CT molecular complexity index is 1220. The lowest BCUT2D eigenvalue weighted by Crippen LogP contribution is -2.27. The zero-order valence-electron chi connectivity index (χ0n) is 21.6. The van der Waals surface area contributed by atoms with Gasteiger partial charge in [-0.3, -0.25) is 9.59 Å². The van der Waals surface area contributed by atoms with E-state index >= 15 is 0 Å². The smallest absolute Gasteiger partial charge is 0.258 e. The van der Waals surface area contributed by atoms with Gasteiger partial charge in [0.15, 0.2) is 0 Å². The van der Waals surface area contributed by atoms with E-state index < -0.39 is 0 Å². The van der Waals surface area contributed by atoms with Crippen molar-refractivity contribution in [2.45, 2.75) is 46.5 Å². The summed E-state index contributed by atoms with van der Waals surface area (Å²) in [5.41, 5.74) is 3.39. The number of hydrogen-bond acceptors (Lipinski definition) is 5. The third-order valence-corrected chi connectivity index (χ3v) is 8.01. The van der Waals surface area contributed by atoms with Crippen LogP contribution in [0.25, 0.3) is 0 Å². The molecule has 1 heterocycles. The van der Waals surface area contributed by atoms with Gasteiger partial charge in [-0.15, -0.1) is 11.3 Å². The van der Waals surface area contributed by atoms with Gasteiger partial charge in [-0.05, 0) is 78.1 Å². The molecule has 190 valence electrons. The van der Waals surface area contributed by atoms with Crippen molar-refractivity contribution in [1.29, 1.82) is 0 Å². The Balaban J connectivity index is 1.59. The molecule has 2 aromatic carbocycles. The molecule has 2 amide bonds. The van der Waals surface area contributed by atoms with Crippen molar-refractivity contribution in [2.75, 3.05) is 24.9 Å². The molecule has 1 unspecified atom stereocenters. The Morgan fingerprint density at radius 2 is 1.56 bits per heavy atom. The zero-order chi connectivity index (χ0) is 25.9. The van der Waals surface area contributed by atoms with E-state index in [4.69, 9.17) is 9.47 Å². The van der Waals surface area contributed by atoms with Crippen LogP contribution in [0.15, 0.2) is 48.5 Å². The average molecular weight is 507 g/mol. The summed E-state index contributed by atoms with van der Waals surface area (Å²) < 4.78 is 10.4. The van der Waals surface area contributed by atoms with Gasteiger partial charge in [0.25, 0.3) is 5.91 Å². The van der Waals surface area contributed by atoms with Crippen molar-refractivity contribution >= 4 is 33.8 Å². The number of benzene rings is 2. The average Bonchev–Trinajstić information content (AvgIpc) is 3.21. The number of fused-ring (bicyclic) bond motifs is 1. The third kappa shape index (κ3) is 5.90. The first kappa shape index (κ1) is 25.8. The quantitative estimate of drug-likeness (QED) is 0.391. The molecule has 36 heavy (non-hydrogen) atoms. The number of carbonyl (C=O) groups excluding carboxylic acids is 2. The fraction of sp³-hybridized carbons (Fsp3) is 0.379. The lowest BCUT2D eigenvalue weighted by atomic mass is 9.72. The molecule has 0 saturated heterocycles. The molecule has 1 aliphatic carbocycles. The molecule has 0 fully saturated rings. The second kappa shape index (κ2) is 10.7. The minimum Gasteiger partial charge on any atom is -0.497 e. The maximum absolute atomic E-state index is 13.5. The molecule has 0 aliphatic heterocycles. The van der Waals surface area contributed by atoms with E-state index in [1.807, 2.05) is 48.5 Å². The highest BCUT2D eigenvalue weighted by atomic mass is 32.1. The molecule has 6 nitrogen and oxygen atoms in total. The van der Waals surface area contributed by atoms with Gasteiger partial charge in [-0.1, -0.05) is 32.9 Å². The van der Waals surface area contributed by atoms with Gasteiger partial charge in [0.2, 0.25) is 5.91 Å². The van der Waals surface area contributed by atoms with Crippen LogP contribution in [0.5, 0.6) is 11.5 Å².